The molecule has 0 radical (unpaired) electrons. The molecule has 202 valence electrons. The SMILES string of the molecule is CC(O)C(NC(=O)C(Cc1cnc[nH]1)NC(=O)C(N)CCC(=O)O)C(=O)NC(CCCCN)C(=O)O. The van der Waals surface area contributed by atoms with Crippen LogP contribution in [-0.4, -0.2) is 91.8 Å². The van der Waals surface area contributed by atoms with Crippen LogP contribution in [0.2, 0.25) is 0 Å². The summed E-state index contributed by atoms with van der Waals surface area (Å²) in [6.07, 6.45) is 1.85. The number of hydrogen-bond donors (Lipinski definition) is 9. The number of unbranched alkanes of at least 4 members (excludes halogenated alkanes) is 1. The second-order valence-electron chi connectivity index (χ2n) is 8.29. The molecule has 0 spiro atoms. The van der Waals surface area contributed by atoms with Crippen molar-refractivity contribution in [2.75, 3.05) is 6.54 Å². The van der Waals surface area contributed by atoms with Crippen molar-refractivity contribution in [2.45, 2.75) is 75.7 Å². The number of rotatable bonds is 17. The van der Waals surface area contributed by atoms with Gasteiger partial charge in [-0.05, 0) is 39.2 Å². The van der Waals surface area contributed by atoms with Crippen molar-refractivity contribution >= 4 is 29.7 Å². The van der Waals surface area contributed by atoms with Gasteiger partial charge < -0.3 is 47.7 Å². The Labute approximate surface area is 207 Å². The van der Waals surface area contributed by atoms with E-state index >= 15 is 0 Å². The minimum atomic E-state index is -1.53. The molecule has 1 aromatic heterocycles. The minimum Gasteiger partial charge on any atom is -0.481 e. The fraction of sp³-hybridized carbons (Fsp3) is 0.619. The molecule has 15 nitrogen and oxygen atoms in total. The lowest BCUT2D eigenvalue weighted by atomic mass is 10.1. The van der Waals surface area contributed by atoms with Crippen molar-refractivity contribution in [2.24, 2.45) is 11.5 Å². The van der Waals surface area contributed by atoms with E-state index in [-0.39, 0.29) is 25.7 Å². The molecule has 0 aliphatic heterocycles. The maximum atomic E-state index is 13.0. The number of nitrogens with zero attached hydrogens (tertiary/aromatic N) is 1. The second-order valence-corrected chi connectivity index (χ2v) is 8.29. The first kappa shape index (κ1) is 30.5. The minimum absolute atomic E-state index is 0.0891. The van der Waals surface area contributed by atoms with E-state index in [1.807, 2.05) is 0 Å². The summed E-state index contributed by atoms with van der Waals surface area (Å²) in [5.74, 6) is -5.00. The predicted molar refractivity (Wildman–Crippen MR) is 125 cm³/mol. The zero-order chi connectivity index (χ0) is 27.3. The predicted octanol–water partition coefficient (Wildman–Crippen LogP) is -2.81. The molecule has 0 fully saturated rings. The van der Waals surface area contributed by atoms with Gasteiger partial charge in [0.1, 0.15) is 18.1 Å². The molecule has 11 N–H and O–H groups in total. The number of aromatic nitrogens is 2. The molecule has 1 heterocycles. The zero-order valence-corrected chi connectivity index (χ0v) is 20.0. The summed E-state index contributed by atoms with van der Waals surface area (Å²) in [6, 6.07) is -5.27. The Balaban J connectivity index is 2.96. The van der Waals surface area contributed by atoms with Crippen LogP contribution in [0.4, 0.5) is 0 Å². The van der Waals surface area contributed by atoms with E-state index in [1.54, 1.807) is 0 Å². The molecule has 0 aliphatic rings. The average Bonchev–Trinajstić information content (AvgIpc) is 3.32. The average molecular weight is 514 g/mol. The molecule has 5 atom stereocenters. The Morgan fingerprint density at radius 1 is 1.00 bits per heavy atom. The third-order valence-electron chi connectivity index (χ3n) is 5.24. The molecule has 0 aromatic carbocycles. The summed E-state index contributed by atoms with van der Waals surface area (Å²) >= 11 is 0. The van der Waals surface area contributed by atoms with Crippen LogP contribution in [0.1, 0.15) is 44.7 Å². The highest BCUT2D eigenvalue weighted by Crippen LogP contribution is 2.06. The number of carbonyl (C=O) groups excluding carboxylic acids is 3. The smallest absolute Gasteiger partial charge is 0.326 e. The summed E-state index contributed by atoms with van der Waals surface area (Å²) in [5, 5.41) is 35.3. The van der Waals surface area contributed by atoms with Gasteiger partial charge in [-0.3, -0.25) is 19.2 Å². The molecule has 0 saturated carbocycles. The number of imidazole rings is 1. The van der Waals surface area contributed by atoms with Crippen LogP contribution in [0.5, 0.6) is 0 Å². The van der Waals surface area contributed by atoms with Crippen LogP contribution >= 0.6 is 0 Å². The second kappa shape index (κ2) is 15.4. The summed E-state index contributed by atoms with van der Waals surface area (Å²) in [4.78, 5) is 67.1. The van der Waals surface area contributed by atoms with Gasteiger partial charge in [-0.1, -0.05) is 0 Å². The first-order valence-electron chi connectivity index (χ1n) is 11.4. The topological polar surface area (TPSA) is 263 Å². The molecule has 36 heavy (non-hydrogen) atoms. The van der Waals surface area contributed by atoms with Gasteiger partial charge in [-0.15, -0.1) is 0 Å². The quantitative estimate of drug-likeness (QED) is 0.0960. The van der Waals surface area contributed by atoms with Crippen LogP contribution in [-0.2, 0) is 30.4 Å². The number of carbonyl (C=O) groups is 5. The van der Waals surface area contributed by atoms with Crippen LogP contribution in [0.3, 0.4) is 0 Å². The Morgan fingerprint density at radius 3 is 2.19 bits per heavy atom. The van der Waals surface area contributed by atoms with Crippen LogP contribution in [0, 0.1) is 0 Å². The molecule has 5 unspecified atom stereocenters. The highest BCUT2D eigenvalue weighted by molar-refractivity contribution is 5.94. The van der Waals surface area contributed by atoms with Gasteiger partial charge in [0.25, 0.3) is 0 Å². The monoisotopic (exact) mass is 513 g/mol. The number of nitrogens with two attached hydrogens (primary N) is 2. The fourth-order valence-corrected chi connectivity index (χ4v) is 3.19. The number of aliphatic hydroxyl groups excluding tert-OH is 1. The molecule has 15 heteroatoms. The number of aliphatic carboxylic acids is 2. The fourth-order valence-electron chi connectivity index (χ4n) is 3.19. The van der Waals surface area contributed by atoms with Gasteiger partial charge in [0, 0.05) is 24.7 Å². The van der Waals surface area contributed by atoms with Crippen LogP contribution in [0.25, 0.3) is 0 Å². The van der Waals surface area contributed by atoms with Crippen molar-refractivity contribution in [1.29, 1.82) is 0 Å². The highest BCUT2D eigenvalue weighted by Gasteiger charge is 2.33. The molecule has 1 rings (SSSR count). The van der Waals surface area contributed by atoms with Crippen LogP contribution in [0.15, 0.2) is 12.5 Å². The van der Waals surface area contributed by atoms with Gasteiger partial charge in [0.05, 0.1) is 18.5 Å². The van der Waals surface area contributed by atoms with E-state index in [0.29, 0.717) is 25.1 Å². The number of carboxylic acid groups (broad SMARTS) is 2. The highest BCUT2D eigenvalue weighted by atomic mass is 16.4. The van der Waals surface area contributed by atoms with E-state index in [0.717, 1.165) is 0 Å². The largest absolute Gasteiger partial charge is 0.481 e. The van der Waals surface area contributed by atoms with Gasteiger partial charge in [0.15, 0.2) is 0 Å². The van der Waals surface area contributed by atoms with E-state index in [2.05, 4.69) is 25.9 Å². The lowest BCUT2D eigenvalue weighted by Crippen LogP contribution is -2.60. The Hall–Kier alpha value is -3.56. The molecular weight excluding hydrogens is 478 g/mol. The first-order valence-corrected chi connectivity index (χ1v) is 11.4. The lowest BCUT2D eigenvalue weighted by molar-refractivity contribution is -0.143. The molecule has 0 saturated heterocycles. The number of carboxylic acids is 2. The molecule has 1 aromatic rings. The Morgan fingerprint density at radius 2 is 1.67 bits per heavy atom. The van der Waals surface area contributed by atoms with Crippen molar-refractivity contribution < 1.29 is 39.3 Å². The van der Waals surface area contributed by atoms with Crippen molar-refractivity contribution in [3.05, 3.63) is 18.2 Å². The zero-order valence-electron chi connectivity index (χ0n) is 20.0. The van der Waals surface area contributed by atoms with E-state index in [9.17, 15) is 34.2 Å². The van der Waals surface area contributed by atoms with Gasteiger partial charge >= 0.3 is 11.9 Å². The third-order valence-corrected chi connectivity index (χ3v) is 5.24. The van der Waals surface area contributed by atoms with Crippen molar-refractivity contribution in [3.63, 3.8) is 0 Å². The van der Waals surface area contributed by atoms with Crippen LogP contribution < -0.4 is 27.4 Å². The van der Waals surface area contributed by atoms with E-state index < -0.39 is 59.9 Å². The van der Waals surface area contributed by atoms with E-state index in [1.165, 1.54) is 19.4 Å². The number of aliphatic hydroxyl groups is 1. The Bertz CT molecular complexity index is 878. The summed E-state index contributed by atoms with van der Waals surface area (Å²) in [5.41, 5.74) is 11.6. The molecule has 0 bridgehead atoms. The summed E-state index contributed by atoms with van der Waals surface area (Å²) in [7, 11) is 0. The maximum Gasteiger partial charge on any atom is 0.326 e. The summed E-state index contributed by atoms with van der Waals surface area (Å²) < 4.78 is 0. The standard InChI is InChI=1S/C21H35N7O8/c1-11(29)17(20(34)26-14(21(35)36)4-2-3-7-22)28-19(33)15(8-12-9-24-10-25-12)27-18(32)13(23)5-6-16(30)31/h9-11,13-15,17,29H,2-8,22-23H2,1H3,(H,24,25)(H,26,34)(H,27,32)(H,28,33)(H,30,31)(H,35,36). The van der Waals surface area contributed by atoms with Gasteiger partial charge in [-0.2, -0.15) is 0 Å². The number of nitrogens with one attached hydrogen (secondary N) is 4. The number of H-pyrrole nitrogens is 1. The van der Waals surface area contributed by atoms with Gasteiger partial charge in [0.2, 0.25) is 17.7 Å². The number of amides is 3. The normalized spacial score (nSPS) is 15.1. The lowest BCUT2D eigenvalue weighted by Gasteiger charge is -2.26. The van der Waals surface area contributed by atoms with Crippen molar-refractivity contribution in [3.8, 4) is 0 Å². The third kappa shape index (κ3) is 10.8. The summed E-state index contributed by atoms with van der Waals surface area (Å²) in [6.45, 7) is 1.59. The number of hydrogen-bond acceptors (Lipinski definition) is 9. The Kier molecular flexibility index (Phi) is 13.1. The molecular formula is C21H35N7O8. The maximum absolute atomic E-state index is 13.0. The first-order chi connectivity index (χ1) is 17.0. The van der Waals surface area contributed by atoms with Crippen molar-refractivity contribution in [1.82, 2.24) is 25.9 Å². The van der Waals surface area contributed by atoms with Gasteiger partial charge in [-0.25, -0.2) is 9.78 Å². The van der Waals surface area contributed by atoms with E-state index in [4.69, 9.17) is 16.6 Å². The molecule has 0 aliphatic carbocycles. The number of aromatic amines is 1. The molecule has 3 amide bonds.